The molecule has 0 atom stereocenters. The number of hydrogen-bond acceptors (Lipinski definition) is 6. The van der Waals surface area contributed by atoms with Gasteiger partial charge in [-0.05, 0) is 62.4 Å². The number of ether oxygens (including phenoxy) is 2. The summed E-state index contributed by atoms with van der Waals surface area (Å²) in [5.41, 5.74) is 1.76. The van der Waals surface area contributed by atoms with E-state index in [1.807, 2.05) is 12.1 Å². The maximum Gasteiger partial charge on any atom is 0.255 e. The molecule has 4 rings (SSSR count). The summed E-state index contributed by atoms with van der Waals surface area (Å²) in [7, 11) is 1.54. The number of amides is 1. The molecule has 0 saturated heterocycles. The number of aromatic nitrogens is 1. The van der Waals surface area contributed by atoms with Crippen molar-refractivity contribution in [2.75, 3.05) is 38.6 Å². The van der Waals surface area contributed by atoms with Crippen LogP contribution in [0.3, 0.4) is 0 Å². The Morgan fingerprint density at radius 2 is 1.95 bits per heavy atom. The van der Waals surface area contributed by atoms with Gasteiger partial charge in [-0.1, -0.05) is 25.4 Å². The largest absolute Gasteiger partial charge is 0.496 e. The van der Waals surface area contributed by atoms with Crippen molar-refractivity contribution in [2.24, 2.45) is 0 Å². The number of nitrogens with one attached hydrogen (secondary N) is 3. The average Bonchev–Trinajstić information content (AvgIpc) is 3.71. The van der Waals surface area contributed by atoms with Crippen LogP contribution >= 0.6 is 23.8 Å². The molecule has 0 spiro atoms. The lowest BCUT2D eigenvalue weighted by Gasteiger charge is -2.18. The number of nitrogens with zero attached hydrogens (tertiary/aromatic N) is 2. The Morgan fingerprint density at radius 3 is 2.62 bits per heavy atom. The van der Waals surface area contributed by atoms with Gasteiger partial charge < -0.3 is 30.3 Å². The Labute approximate surface area is 227 Å². The first-order valence-electron chi connectivity index (χ1n) is 12.4. The summed E-state index contributed by atoms with van der Waals surface area (Å²) < 4.78 is 11.7. The van der Waals surface area contributed by atoms with Gasteiger partial charge in [-0.2, -0.15) is 0 Å². The van der Waals surface area contributed by atoms with Crippen LogP contribution in [-0.4, -0.2) is 60.2 Å². The van der Waals surface area contributed by atoms with Crippen molar-refractivity contribution >= 4 is 51.4 Å². The van der Waals surface area contributed by atoms with E-state index in [-0.39, 0.29) is 5.91 Å². The monoisotopic (exact) mass is 541 g/mol. The SMILES string of the molecule is CCN(CC)CCNC(=O)c1cc2c(Oc3ccc(NC(=S)NC4CC4)c(Cl)c3)ccnc2cc1OC. The molecular formula is C27H32ClN5O3S. The highest BCUT2D eigenvalue weighted by Gasteiger charge is 2.22. The summed E-state index contributed by atoms with van der Waals surface area (Å²) in [5.74, 6) is 1.33. The van der Waals surface area contributed by atoms with Crippen LogP contribution in [0.2, 0.25) is 5.02 Å². The molecule has 3 N–H and O–H groups in total. The number of methoxy groups -OCH3 is 1. The maximum absolute atomic E-state index is 13.0. The number of thiocarbonyl (C=S) groups is 1. The number of pyridine rings is 1. The summed E-state index contributed by atoms with van der Waals surface area (Å²) in [6, 6.07) is 11.1. The first-order valence-corrected chi connectivity index (χ1v) is 13.2. The smallest absolute Gasteiger partial charge is 0.255 e. The summed E-state index contributed by atoms with van der Waals surface area (Å²) >= 11 is 11.8. The minimum Gasteiger partial charge on any atom is -0.496 e. The summed E-state index contributed by atoms with van der Waals surface area (Å²) in [4.78, 5) is 19.7. The highest BCUT2D eigenvalue weighted by Crippen LogP contribution is 2.35. The molecule has 0 radical (unpaired) electrons. The molecule has 10 heteroatoms. The number of carbonyl (C=O) groups is 1. The number of halogens is 1. The molecule has 1 heterocycles. The third-order valence-electron chi connectivity index (χ3n) is 6.20. The predicted octanol–water partition coefficient (Wildman–Crippen LogP) is 5.21. The highest BCUT2D eigenvalue weighted by atomic mass is 35.5. The lowest BCUT2D eigenvalue weighted by Crippen LogP contribution is -2.34. The van der Waals surface area contributed by atoms with Gasteiger partial charge in [0, 0.05) is 42.8 Å². The fourth-order valence-corrected chi connectivity index (χ4v) is 4.40. The number of hydrogen-bond donors (Lipinski definition) is 3. The molecular weight excluding hydrogens is 510 g/mol. The Kier molecular flexibility index (Phi) is 9.02. The Balaban J connectivity index is 1.53. The van der Waals surface area contributed by atoms with E-state index in [1.165, 1.54) is 7.11 Å². The van der Waals surface area contributed by atoms with Crippen molar-refractivity contribution in [1.82, 2.24) is 20.5 Å². The maximum atomic E-state index is 13.0. The third-order valence-corrected chi connectivity index (χ3v) is 6.74. The zero-order chi connectivity index (χ0) is 26.4. The molecule has 8 nitrogen and oxygen atoms in total. The van der Waals surface area contributed by atoms with Crippen molar-refractivity contribution in [3.05, 3.63) is 53.2 Å². The molecule has 1 fully saturated rings. The summed E-state index contributed by atoms with van der Waals surface area (Å²) in [6.45, 7) is 7.38. The fourth-order valence-electron chi connectivity index (χ4n) is 3.91. The van der Waals surface area contributed by atoms with Gasteiger partial charge in [-0.3, -0.25) is 9.78 Å². The minimum atomic E-state index is -0.213. The molecule has 0 aliphatic heterocycles. The van der Waals surface area contributed by atoms with E-state index in [9.17, 15) is 4.79 Å². The molecule has 196 valence electrons. The molecule has 3 aromatic rings. The van der Waals surface area contributed by atoms with Crippen LogP contribution in [0.5, 0.6) is 17.2 Å². The van der Waals surface area contributed by atoms with Gasteiger partial charge in [0.15, 0.2) is 5.11 Å². The second-order valence-electron chi connectivity index (χ2n) is 8.78. The fraction of sp³-hybridized carbons (Fsp3) is 0.370. The van der Waals surface area contributed by atoms with Gasteiger partial charge in [-0.25, -0.2) is 0 Å². The van der Waals surface area contributed by atoms with E-state index in [0.29, 0.717) is 62.1 Å². The van der Waals surface area contributed by atoms with Gasteiger partial charge in [0.2, 0.25) is 0 Å². The number of rotatable bonds is 11. The summed E-state index contributed by atoms with van der Waals surface area (Å²) in [5, 5.41) is 11.1. The highest BCUT2D eigenvalue weighted by molar-refractivity contribution is 7.80. The molecule has 1 aromatic heterocycles. The van der Waals surface area contributed by atoms with Crippen LogP contribution in [0.25, 0.3) is 10.9 Å². The number of fused-ring (bicyclic) bond motifs is 1. The Morgan fingerprint density at radius 1 is 1.16 bits per heavy atom. The quantitative estimate of drug-likeness (QED) is 0.285. The summed E-state index contributed by atoms with van der Waals surface area (Å²) in [6.07, 6.45) is 3.92. The normalized spacial score (nSPS) is 12.9. The second kappa shape index (κ2) is 12.4. The van der Waals surface area contributed by atoms with E-state index in [2.05, 4.69) is 39.7 Å². The van der Waals surface area contributed by atoms with Gasteiger partial charge in [-0.15, -0.1) is 0 Å². The van der Waals surface area contributed by atoms with Crippen LogP contribution in [-0.2, 0) is 0 Å². The molecule has 1 amide bonds. The van der Waals surface area contributed by atoms with Crippen molar-refractivity contribution in [1.29, 1.82) is 0 Å². The van der Waals surface area contributed by atoms with Crippen LogP contribution in [0.4, 0.5) is 5.69 Å². The lowest BCUT2D eigenvalue weighted by atomic mass is 10.1. The molecule has 2 aromatic carbocycles. The topological polar surface area (TPSA) is 87.8 Å². The van der Waals surface area contributed by atoms with E-state index in [1.54, 1.807) is 30.5 Å². The second-order valence-corrected chi connectivity index (χ2v) is 9.59. The third kappa shape index (κ3) is 7.00. The van der Waals surface area contributed by atoms with Crippen molar-refractivity contribution in [3.63, 3.8) is 0 Å². The standard InChI is InChI=1S/C27H32ClN5O3S/c1-4-33(5-2)13-12-30-26(34)20-15-19-23(16-25(20)35-3)29-11-10-24(19)36-18-8-9-22(21(28)14-18)32-27(37)31-17-6-7-17/h8-11,14-17H,4-7,12-13H2,1-3H3,(H,30,34)(H2,31,32,37). The van der Waals surface area contributed by atoms with Gasteiger partial charge in [0.25, 0.3) is 5.91 Å². The number of benzene rings is 2. The molecule has 1 saturated carbocycles. The minimum absolute atomic E-state index is 0.213. The van der Waals surface area contributed by atoms with Crippen LogP contribution in [0.1, 0.15) is 37.0 Å². The van der Waals surface area contributed by atoms with Crippen molar-refractivity contribution in [3.8, 4) is 17.2 Å². The first-order chi connectivity index (χ1) is 17.9. The van der Waals surface area contributed by atoms with Crippen molar-refractivity contribution < 1.29 is 14.3 Å². The number of likely N-dealkylation sites (N-methyl/N-ethyl adjacent to an activating group) is 1. The first kappa shape index (κ1) is 26.9. The van der Waals surface area contributed by atoms with Gasteiger partial charge in [0.1, 0.15) is 17.2 Å². The van der Waals surface area contributed by atoms with E-state index >= 15 is 0 Å². The Hall–Kier alpha value is -3.14. The van der Waals surface area contributed by atoms with Gasteiger partial charge >= 0.3 is 0 Å². The van der Waals surface area contributed by atoms with E-state index < -0.39 is 0 Å². The van der Waals surface area contributed by atoms with Crippen LogP contribution < -0.4 is 25.4 Å². The Bertz CT molecular complexity index is 1280. The molecule has 0 bridgehead atoms. The van der Waals surface area contributed by atoms with E-state index in [0.717, 1.165) is 32.5 Å². The lowest BCUT2D eigenvalue weighted by molar-refractivity contribution is 0.0946. The van der Waals surface area contributed by atoms with Crippen LogP contribution in [0.15, 0.2) is 42.6 Å². The zero-order valence-electron chi connectivity index (χ0n) is 21.3. The van der Waals surface area contributed by atoms with Gasteiger partial charge in [0.05, 0.1) is 28.9 Å². The van der Waals surface area contributed by atoms with Crippen LogP contribution in [0, 0.1) is 0 Å². The zero-order valence-corrected chi connectivity index (χ0v) is 22.8. The molecule has 1 aliphatic carbocycles. The molecule has 0 unspecified atom stereocenters. The number of anilines is 1. The predicted molar refractivity (Wildman–Crippen MR) is 152 cm³/mol. The van der Waals surface area contributed by atoms with E-state index in [4.69, 9.17) is 33.3 Å². The number of carbonyl (C=O) groups excluding carboxylic acids is 1. The molecule has 37 heavy (non-hydrogen) atoms. The average molecular weight is 542 g/mol. The molecule has 1 aliphatic rings. The van der Waals surface area contributed by atoms with Crippen molar-refractivity contribution in [2.45, 2.75) is 32.7 Å².